The van der Waals surface area contributed by atoms with E-state index >= 15 is 0 Å². The van der Waals surface area contributed by atoms with Crippen molar-refractivity contribution >= 4 is 6.21 Å². The lowest BCUT2D eigenvalue weighted by atomic mass is 10.1. The molecule has 0 radical (unpaired) electrons. The summed E-state index contributed by atoms with van der Waals surface area (Å²) in [4.78, 5) is 0. The quantitative estimate of drug-likeness (QED) is 0.421. The van der Waals surface area contributed by atoms with Crippen molar-refractivity contribution < 1.29 is 4.58 Å². The number of benzene rings is 1. The fraction of sp³-hybridized carbons (Fsp3) is 0.300. The van der Waals surface area contributed by atoms with E-state index in [2.05, 4.69) is 42.0 Å². The topological polar surface area (TPSA) is 3.01 Å². The highest BCUT2D eigenvalue weighted by molar-refractivity contribution is 5.77. The van der Waals surface area contributed by atoms with Gasteiger partial charge in [0.25, 0.3) is 0 Å². The monoisotopic (exact) mass is 148 g/mol. The third kappa shape index (κ3) is 2.19. The fourth-order valence-corrected chi connectivity index (χ4v) is 1.01. The minimum atomic E-state index is 1.29. The molecule has 0 aliphatic heterocycles. The van der Waals surface area contributed by atoms with Gasteiger partial charge >= 0.3 is 0 Å². The molecule has 0 aliphatic rings. The number of nitrogens with zero attached hydrogens (tertiary/aromatic N) is 1. The van der Waals surface area contributed by atoms with Crippen LogP contribution >= 0.6 is 0 Å². The normalized spacial score (nSPS) is 9.36. The average molecular weight is 148 g/mol. The molecule has 0 heterocycles. The predicted molar refractivity (Wildman–Crippen MR) is 48.5 cm³/mol. The Balaban J connectivity index is 3.04. The summed E-state index contributed by atoms with van der Waals surface area (Å²) in [6, 6.07) is 8.36. The molecule has 58 valence electrons. The maximum absolute atomic E-state index is 2.12. The van der Waals surface area contributed by atoms with Crippen molar-refractivity contribution in [3.05, 3.63) is 35.4 Å². The van der Waals surface area contributed by atoms with Crippen LogP contribution in [0.4, 0.5) is 0 Å². The Morgan fingerprint density at radius 1 is 1.18 bits per heavy atom. The van der Waals surface area contributed by atoms with Gasteiger partial charge in [0, 0.05) is 5.56 Å². The van der Waals surface area contributed by atoms with E-state index in [-0.39, 0.29) is 0 Å². The molecule has 1 heteroatoms. The lowest BCUT2D eigenvalue weighted by Crippen LogP contribution is -2.00. The molecule has 1 aromatic rings. The number of rotatable bonds is 1. The van der Waals surface area contributed by atoms with E-state index < -0.39 is 0 Å². The molecule has 0 N–H and O–H groups in total. The SMILES string of the molecule is Cc1ccccc1C=[N+](C)C. The van der Waals surface area contributed by atoms with Crippen molar-refractivity contribution in [3.8, 4) is 0 Å². The third-order valence-corrected chi connectivity index (χ3v) is 1.59. The van der Waals surface area contributed by atoms with Gasteiger partial charge in [0.2, 0.25) is 0 Å². The molecule has 0 spiro atoms. The molecule has 1 aromatic carbocycles. The molecule has 0 aromatic heterocycles. The molecule has 0 fully saturated rings. The summed E-state index contributed by atoms with van der Waals surface area (Å²) in [6.07, 6.45) is 2.12. The van der Waals surface area contributed by atoms with Crippen molar-refractivity contribution in [1.82, 2.24) is 0 Å². The van der Waals surface area contributed by atoms with Gasteiger partial charge in [-0.05, 0) is 18.6 Å². The van der Waals surface area contributed by atoms with Gasteiger partial charge in [0.15, 0.2) is 6.21 Å². The summed E-state index contributed by atoms with van der Waals surface area (Å²) in [5.74, 6) is 0. The molecule has 1 nitrogen and oxygen atoms in total. The Morgan fingerprint density at radius 2 is 1.82 bits per heavy atom. The minimum absolute atomic E-state index is 1.29. The number of hydrogen-bond acceptors (Lipinski definition) is 0. The molecule has 0 amide bonds. The average Bonchev–Trinajstić information content (AvgIpc) is 1.93. The van der Waals surface area contributed by atoms with Crippen molar-refractivity contribution in [1.29, 1.82) is 0 Å². The highest BCUT2D eigenvalue weighted by atomic mass is 14.9. The predicted octanol–water partition coefficient (Wildman–Crippen LogP) is 1.69. The zero-order valence-corrected chi connectivity index (χ0v) is 7.33. The summed E-state index contributed by atoms with van der Waals surface area (Å²) >= 11 is 0. The fourth-order valence-electron chi connectivity index (χ4n) is 1.01. The molecule has 1 rings (SSSR count). The van der Waals surface area contributed by atoms with E-state index in [9.17, 15) is 0 Å². The van der Waals surface area contributed by atoms with E-state index in [4.69, 9.17) is 0 Å². The first-order valence-electron chi connectivity index (χ1n) is 3.77. The van der Waals surface area contributed by atoms with E-state index in [1.165, 1.54) is 11.1 Å². The summed E-state index contributed by atoms with van der Waals surface area (Å²) in [7, 11) is 4.07. The molecule has 0 bridgehead atoms. The Morgan fingerprint density at radius 3 is 2.36 bits per heavy atom. The van der Waals surface area contributed by atoms with Gasteiger partial charge in [-0.15, -0.1) is 0 Å². The highest BCUT2D eigenvalue weighted by Crippen LogP contribution is 2.02. The summed E-state index contributed by atoms with van der Waals surface area (Å²) in [6.45, 7) is 2.12. The molecule has 0 saturated heterocycles. The van der Waals surface area contributed by atoms with Gasteiger partial charge in [-0.2, -0.15) is 0 Å². The first-order valence-corrected chi connectivity index (χ1v) is 3.77. The van der Waals surface area contributed by atoms with Crippen LogP contribution in [0.5, 0.6) is 0 Å². The minimum Gasteiger partial charge on any atom is -0.241 e. The van der Waals surface area contributed by atoms with Gasteiger partial charge in [0.05, 0.1) is 0 Å². The Bertz CT molecular complexity index is 270. The lowest BCUT2D eigenvalue weighted by Gasteiger charge is -1.95. The molecule has 0 aliphatic carbocycles. The van der Waals surface area contributed by atoms with Crippen LogP contribution in [-0.2, 0) is 0 Å². The highest BCUT2D eigenvalue weighted by Gasteiger charge is 1.94. The maximum Gasteiger partial charge on any atom is 0.170 e. The zero-order chi connectivity index (χ0) is 8.27. The Kier molecular flexibility index (Phi) is 2.42. The second kappa shape index (κ2) is 3.33. The van der Waals surface area contributed by atoms with E-state index in [0.29, 0.717) is 0 Å². The van der Waals surface area contributed by atoms with Crippen LogP contribution in [0, 0.1) is 6.92 Å². The Hall–Kier alpha value is -1.11. The van der Waals surface area contributed by atoms with Gasteiger partial charge < -0.3 is 0 Å². The first-order chi connectivity index (χ1) is 5.20. The molecule has 11 heavy (non-hydrogen) atoms. The lowest BCUT2D eigenvalue weighted by molar-refractivity contribution is -0.458. The van der Waals surface area contributed by atoms with Crippen molar-refractivity contribution in [2.45, 2.75) is 6.92 Å². The zero-order valence-electron chi connectivity index (χ0n) is 7.33. The largest absolute Gasteiger partial charge is 0.241 e. The molecular weight excluding hydrogens is 134 g/mol. The number of hydrogen-bond donors (Lipinski definition) is 0. The third-order valence-electron chi connectivity index (χ3n) is 1.59. The van der Waals surface area contributed by atoms with Crippen LogP contribution in [0.3, 0.4) is 0 Å². The number of aryl methyl sites for hydroxylation is 1. The smallest absolute Gasteiger partial charge is 0.170 e. The van der Waals surface area contributed by atoms with Crippen molar-refractivity contribution in [2.75, 3.05) is 14.1 Å². The molecule has 0 atom stereocenters. The van der Waals surface area contributed by atoms with Crippen LogP contribution in [0.25, 0.3) is 0 Å². The van der Waals surface area contributed by atoms with E-state index in [0.717, 1.165) is 0 Å². The van der Waals surface area contributed by atoms with Crippen LogP contribution in [0.2, 0.25) is 0 Å². The van der Waals surface area contributed by atoms with E-state index in [1.807, 2.05) is 14.1 Å². The van der Waals surface area contributed by atoms with Crippen LogP contribution in [-0.4, -0.2) is 24.9 Å². The summed E-state index contributed by atoms with van der Waals surface area (Å²) in [5, 5.41) is 0. The maximum atomic E-state index is 2.12. The first kappa shape index (κ1) is 7.99. The molecule has 0 saturated carbocycles. The van der Waals surface area contributed by atoms with E-state index in [1.54, 1.807) is 0 Å². The van der Waals surface area contributed by atoms with Crippen molar-refractivity contribution in [2.24, 2.45) is 0 Å². The second-order valence-corrected chi connectivity index (χ2v) is 2.95. The summed E-state index contributed by atoms with van der Waals surface area (Å²) < 4.78 is 2.06. The van der Waals surface area contributed by atoms with Gasteiger partial charge in [-0.1, -0.05) is 18.2 Å². The Labute approximate surface area is 68.0 Å². The standard InChI is InChI=1S/C10H14N/c1-9-6-4-5-7-10(9)8-11(2)3/h4-8H,1-3H3/q+1. The second-order valence-electron chi connectivity index (χ2n) is 2.95. The molecular formula is C10H14N+. The van der Waals surface area contributed by atoms with Gasteiger partial charge in [-0.25, -0.2) is 4.58 Å². The van der Waals surface area contributed by atoms with Crippen LogP contribution in [0.1, 0.15) is 11.1 Å². The van der Waals surface area contributed by atoms with Gasteiger partial charge in [0.1, 0.15) is 14.1 Å². The van der Waals surface area contributed by atoms with Crippen LogP contribution < -0.4 is 0 Å². The van der Waals surface area contributed by atoms with Gasteiger partial charge in [-0.3, -0.25) is 0 Å². The molecule has 0 unspecified atom stereocenters. The van der Waals surface area contributed by atoms with Crippen LogP contribution in [0.15, 0.2) is 24.3 Å². The summed E-state index contributed by atoms with van der Waals surface area (Å²) in [5.41, 5.74) is 2.61. The van der Waals surface area contributed by atoms with Crippen molar-refractivity contribution in [3.63, 3.8) is 0 Å².